The standard InChI is InChI=1S/C21H20Cl2N2O2/c22-16-10-8-14(9-11-16)20(23)18(13-17-19(26)7-4-12-24-17)25-21(27)15-5-2-1-3-6-15/h1-3,5-6,8-11,17,24H,4,7,12-13H2,(H,25,27)/b20-18-. The third-order valence-electron chi connectivity index (χ3n) is 4.45. The minimum Gasteiger partial charge on any atom is -0.324 e. The molecular weight excluding hydrogens is 383 g/mol. The monoisotopic (exact) mass is 402 g/mol. The lowest BCUT2D eigenvalue weighted by molar-refractivity contribution is -0.122. The number of carbonyl (C=O) groups excluding carboxylic acids is 2. The Balaban J connectivity index is 1.90. The second-order valence-corrected chi connectivity index (χ2v) is 7.21. The van der Waals surface area contributed by atoms with Crippen molar-refractivity contribution in [2.45, 2.75) is 25.3 Å². The van der Waals surface area contributed by atoms with Crippen molar-refractivity contribution in [2.75, 3.05) is 6.54 Å². The number of nitrogens with one attached hydrogen (secondary N) is 2. The van der Waals surface area contributed by atoms with Crippen LogP contribution >= 0.6 is 23.2 Å². The number of Topliss-reactive ketones (excluding diaryl/α,β-unsaturated/α-hetero) is 1. The van der Waals surface area contributed by atoms with Crippen molar-refractivity contribution >= 4 is 39.9 Å². The van der Waals surface area contributed by atoms with Gasteiger partial charge in [0.15, 0.2) is 0 Å². The summed E-state index contributed by atoms with van der Waals surface area (Å²) in [5.41, 5.74) is 1.77. The molecule has 1 heterocycles. The van der Waals surface area contributed by atoms with E-state index in [9.17, 15) is 9.59 Å². The smallest absolute Gasteiger partial charge is 0.255 e. The van der Waals surface area contributed by atoms with Crippen molar-refractivity contribution in [1.29, 1.82) is 0 Å². The lowest BCUT2D eigenvalue weighted by atomic mass is 9.98. The number of amides is 1. The van der Waals surface area contributed by atoms with E-state index < -0.39 is 0 Å². The number of piperidine rings is 1. The quantitative estimate of drug-likeness (QED) is 0.779. The van der Waals surface area contributed by atoms with Crippen LogP contribution in [-0.4, -0.2) is 24.3 Å². The molecule has 2 N–H and O–H groups in total. The summed E-state index contributed by atoms with van der Waals surface area (Å²) in [7, 11) is 0. The van der Waals surface area contributed by atoms with Crippen LogP contribution < -0.4 is 10.6 Å². The van der Waals surface area contributed by atoms with Crippen molar-refractivity contribution in [3.63, 3.8) is 0 Å². The Kier molecular flexibility index (Phi) is 6.67. The van der Waals surface area contributed by atoms with Gasteiger partial charge in [-0.05, 0) is 42.8 Å². The Morgan fingerprint density at radius 3 is 2.44 bits per heavy atom. The fraction of sp³-hybridized carbons (Fsp3) is 0.238. The Labute approximate surface area is 168 Å². The van der Waals surface area contributed by atoms with Crippen LogP contribution in [0.2, 0.25) is 5.02 Å². The van der Waals surface area contributed by atoms with E-state index in [4.69, 9.17) is 23.2 Å². The lowest BCUT2D eigenvalue weighted by Crippen LogP contribution is -2.43. The number of rotatable bonds is 5. The molecular formula is C21H20Cl2N2O2. The first-order valence-corrected chi connectivity index (χ1v) is 9.57. The normalized spacial score (nSPS) is 18.0. The number of benzene rings is 2. The van der Waals surface area contributed by atoms with Gasteiger partial charge in [-0.25, -0.2) is 0 Å². The summed E-state index contributed by atoms with van der Waals surface area (Å²) in [5, 5.41) is 7.11. The maximum Gasteiger partial charge on any atom is 0.255 e. The SMILES string of the molecule is O=C(N/C(CC1NCCCC1=O)=C(\Cl)c1ccc(Cl)cc1)c1ccccc1. The molecule has 1 amide bonds. The highest BCUT2D eigenvalue weighted by Crippen LogP contribution is 2.27. The second kappa shape index (κ2) is 9.18. The van der Waals surface area contributed by atoms with Gasteiger partial charge in [-0.3, -0.25) is 9.59 Å². The van der Waals surface area contributed by atoms with E-state index in [2.05, 4.69) is 10.6 Å². The summed E-state index contributed by atoms with van der Waals surface area (Å²) in [5.74, 6) is -0.130. The molecule has 0 bridgehead atoms. The van der Waals surface area contributed by atoms with Crippen molar-refractivity contribution in [1.82, 2.24) is 10.6 Å². The molecule has 3 rings (SSSR count). The topological polar surface area (TPSA) is 58.2 Å². The van der Waals surface area contributed by atoms with Crippen molar-refractivity contribution in [2.24, 2.45) is 0 Å². The van der Waals surface area contributed by atoms with Crippen LogP contribution in [0.3, 0.4) is 0 Å². The second-order valence-electron chi connectivity index (χ2n) is 6.40. The summed E-state index contributed by atoms with van der Waals surface area (Å²) in [6, 6.07) is 15.6. The first-order valence-electron chi connectivity index (χ1n) is 8.81. The zero-order chi connectivity index (χ0) is 19.2. The molecule has 27 heavy (non-hydrogen) atoms. The molecule has 0 aliphatic carbocycles. The average molecular weight is 403 g/mol. The number of hydrogen-bond acceptors (Lipinski definition) is 3. The van der Waals surface area contributed by atoms with E-state index in [1.54, 1.807) is 48.5 Å². The molecule has 1 unspecified atom stereocenters. The molecule has 1 saturated heterocycles. The first-order chi connectivity index (χ1) is 13.0. The van der Waals surface area contributed by atoms with Gasteiger partial charge in [-0.1, -0.05) is 53.5 Å². The van der Waals surface area contributed by atoms with Crippen molar-refractivity contribution < 1.29 is 9.59 Å². The van der Waals surface area contributed by atoms with Crippen LogP contribution in [0, 0.1) is 0 Å². The molecule has 1 aliphatic rings. The fourth-order valence-electron chi connectivity index (χ4n) is 2.98. The zero-order valence-electron chi connectivity index (χ0n) is 14.7. The maximum atomic E-state index is 12.6. The molecule has 0 aromatic heterocycles. The number of hydrogen-bond donors (Lipinski definition) is 2. The largest absolute Gasteiger partial charge is 0.324 e. The van der Waals surface area contributed by atoms with E-state index in [1.165, 1.54) is 0 Å². The van der Waals surface area contributed by atoms with E-state index >= 15 is 0 Å². The summed E-state index contributed by atoms with van der Waals surface area (Å²) in [6.45, 7) is 0.773. The molecule has 0 saturated carbocycles. The zero-order valence-corrected chi connectivity index (χ0v) is 16.2. The summed E-state index contributed by atoms with van der Waals surface area (Å²) < 4.78 is 0. The highest BCUT2D eigenvalue weighted by atomic mass is 35.5. The van der Waals surface area contributed by atoms with Crippen LogP contribution in [0.15, 0.2) is 60.3 Å². The molecule has 6 heteroatoms. The molecule has 1 aliphatic heterocycles. The highest BCUT2D eigenvalue weighted by Gasteiger charge is 2.25. The van der Waals surface area contributed by atoms with Gasteiger partial charge in [0.25, 0.3) is 5.91 Å². The van der Waals surface area contributed by atoms with E-state index in [-0.39, 0.29) is 17.7 Å². The Morgan fingerprint density at radius 2 is 1.78 bits per heavy atom. The fourth-order valence-corrected chi connectivity index (χ4v) is 3.36. The third kappa shape index (κ3) is 5.19. The van der Waals surface area contributed by atoms with Crippen molar-refractivity contribution in [3.05, 3.63) is 76.4 Å². The van der Waals surface area contributed by atoms with E-state index in [1.807, 2.05) is 6.07 Å². The average Bonchev–Trinajstić information content (AvgIpc) is 2.69. The molecule has 2 aromatic rings. The van der Waals surface area contributed by atoms with Gasteiger partial charge >= 0.3 is 0 Å². The Hall–Kier alpha value is -2.14. The molecule has 4 nitrogen and oxygen atoms in total. The Bertz CT molecular complexity index is 848. The molecule has 0 radical (unpaired) electrons. The van der Waals surface area contributed by atoms with Gasteiger partial charge < -0.3 is 10.6 Å². The molecule has 140 valence electrons. The van der Waals surface area contributed by atoms with Gasteiger partial charge in [0, 0.05) is 29.1 Å². The predicted molar refractivity (Wildman–Crippen MR) is 109 cm³/mol. The van der Waals surface area contributed by atoms with Crippen LogP contribution in [-0.2, 0) is 4.79 Å². The summed E-state index contributed by atoms with van der Waals surface area (Å²) in [4.78, 5) is 24.9. The van der Waals surface area contributed by atoms with E-state index in [0.717, 1.165) is 18.5 Å². The van der Waals surface area contributed by atoms with Crippen LogP contribution in [0.1, 0.15) is 35.2 Å². The summed E-state index contributed by atoms with van der Waals surface area (Å²) in [6.07, 6.45) is 1.69. The van der Waals surface area contributed by atoms with Gasteiger partial charge in [0.2, 0.25) is 0 Å². The maximum absolute atomic E-state index is 12.6. The predicted octanol–water partition coefficient (Wildman–Crippen LogP) is 4.39. The minimum atomic E-state index is -0.356. The van der Waals surface area contributed by atoms with Crippen LogP contribution in [0.4, 0.5) is 0 Å². The Morgan fingerprint density at radius 1 is 1.07 bits per heavy atom. The van der Waals surface area contributed by atoms with Crippen molar-refractivity contribution in [3.8, 4) is 0 Å². The third-order valence-corrected chi connectivity index (χ3v) is 5.15. The molecule has 1 fully saturated rings. The van der Waals surface area contributed by atoms with Gasteiger partial charge in [-0.2, -0.15) is 0 Å². The van der Waals surface area contributed by atoms with Crippen LogP contribution in [0.25, 0.3) is 5.03 Å². The summed E-state index contributed by atoms with van der Waals surface area (Å²) >= 11 is 12.6. The number of carbonyl (C=O) groups is 2. The first kappa shape index (κ1) is 19.6. The number of halogens is 2. The molecule has 0 spiro atoms. The highest BCUT2D eigenvalue weighted by molar-refractivity contribution is 6.49. The lowest BCUT2D eigenvalue weighted by Gasteiger charge is -2.24. The number of ketones is 1. The minimum absolute atomic E-state index is 0.133. The molecule has 1 atom stereocenters. The molecule has 2 aromatic carbocycles. The van der Waals surface area contributed by atoms with Gasteiger partial charge in [0.1, 0.15) is 5.78 Å². The van der Waals surface area contributed by atoms with Crippen LogP contribution in [0.5, 0.6) is 0 Å². The van der Waals surface area contributed by atoms with Gasteiger partial charge in [-0.15, -0.1) is 0 Å². The van der Waals surface area contributed by atoms with Gasteiger partial charge in [0.05, 0.1) is 11.1 Å². The van der Waals surface area contributed by atoms with E-state index in [0.29, 0.717) is 34.2 Å².